The van der Waals surface area contributed by atoms with Crippen molar-refractivity contribution >= 4 is 41.2 Å². The van der Waals surface area contributed by atoms with Crippen LogP contribution in [0, 0.1) is 0 Å². The molecule has 4 aromatic rings. The van der Waals surface area contributed by atoms with Crippen LogP contribution in [0.2, 0.25) is 0 Å². The molecule has 0 bridgehead atoms. The third kappa shape index (κ3) is 8.95. The predicted molar refractivity (Wildman–Crippen MR) is 178 cm³/mol. The van der Waals surface area contributed by atoms with Gasteiger partial charge in [0.2, 0.25) is 12.3 Å². The number of imide groups is 1. The molecule has 0 aliphatic rings. The summed E-state index contributed by atoms with van der Waals surface area (Å²) >= 11 is 0. The standard InChI is InChI=1S/C37H40N4O5/c1-26(11-18-35(44)39-25-43)41(3)37(46)34-17-16-31(21-32(34)24-42)36(45)38-22-27-12-14-28(15-13-27)23-40(2)20-19-30-9-6-8-29-7-4-5-10-33(29)30/h4-10,12-17,21,24-26H,11,18-20,22-23H2,1-3H3,(H,38,45)(H,39,43,44). The van der Waals surface area contributed by atoms with Crippen molar-refractivity contribution in [1.29, 1.82) is 0 Å². The number of fused-ring (bicyclic) bond motifs is 1. The Morgan fingerprint density at radius 3 is 2.33 bits per heavy atom. The summed E-state index contributed by atoms with van der Waals surface area (Å²) in [6.07, 6.45) is 2.24. The zero-order valence-corrected chi connectivity index (χ0v) is 26.5. The van der Waals surface area contributed by atoms with E-state index in [1.807, 2.05) is 12.1 Å². The number of hydrogen-bond donors (Lipinski definition) is 2. The highest BCUT2D eigenvalue weighted by molar-refractivity contribution is 6.04. The van der Waals surface area contributed by atoms with Crippen molar-refractivity contribution in [3.8, 4) is 0 Å². The molecule has 9 nitrogen and oxygen atoms in total. The van der Waals surface area contributed by atoms with Crippen molar-refractivity contribution in [2.24, 2.45) is 0 Å². The summed E-state index contributed by atoms with van der Waals surface area (Å²) < 4.78 is 0. The Morgan fingerprint density at radius 1 is 0.870 bits per heavy atom. The summed E-state index contributed by atoms with van der Waals surface area (Å²) in [6, 6.07) is 27.1. The molecule has 1 atom stereocenters. The van der Waals surface area contributed by atoms with Crippen molar-refractivity contribution in [1.82, 2.24) is 20.4 Å². The minimum atomic E-state index is -0.432. The second-order valence-corrected chi connectivity index (χ2v) is 11.5. The number of amides is 4. The van der Waals surface area contributed by atoms with E-state index in [9.17, 15) is 24.0 Å². The third-order valence-electron chi connectivity index (χ3n) is 8.23. The van der Waals surface area contributed by atoms with Crippen molar-refractivity contribution in [3.63, 3.8) is 0 Å². The quantitative estimate of drug-likeness (QED) is 0.185. The van der Waals surface area contributed by atoms with Crippen LogP contribution < -0.4 is 10.6 Å². The molecule has 0 aliphatic heterocycles. The largest absolute Gasteiger partial charge is 0.348 e. The number of nitrogens with zero attached hydrogens (tertiary/aromatic N) is 2. The first-order valence-electron chi connectivity index (χ1n) is 15.3. The molecule has 0 aliphatic carbocycles. The van der Waals surface area contributed by atoms with Gasteiger partial charge in [0, 0.05) is 50.3 Å². The van der Waals surface area contributed by atoms with E-state index >= 15 is 0 Å². The Kier molecular flexibility index (Phi) is 11.9. The van der Waals surface area contributed by atoms with Crippen molar-refractivity contribution in [3.05, 3.63) is 118 Å². The second-order valence-electron chi connectivity index (χ2n) is 11.5. The first kappa shape index (κ1) is 33.7. The van der Waals surface area contributed by atoms with E-state index in [0.29, 0.717) is 25.7 Å². The zero-order chi connectivity index (χ0) is 33.1. The highest BCUT2D eigenvalue weighted by Crippen LogP contribution is 2.20. The van der Waals surface area contributed by atoms with E-state index in [-0.39, 0.29) is 35.1 Å². The average molecular weight is 621 g/mol. The fraction of sp³-hybridized carbons (Fsp3) is 0.270. The summed E-state index contributed by atoms with van der Waals surface area (Å²) in [6.45, 7) is 3.81. The van der Waals surface area contributed by atoms with Crippen LogP contribution in [0.4, 0.5) is 0 Å². The fourth-order valence-electron chi connectivity index (χ4n) is 5.32. The van der Waals surface area contributed by atoms with Crippen LogP contribution in [0.1, 0.15) is 67.5 Å². The Labute approximate surface area is 269 Å². The van der Waals surface area contributed by atoms with Gasteiger partial charge in [-0.15, -0.1) is 0 Å². The lowest BCUT2D eigenvalue weighted by molar-refractivity contribution is -0.125. The van der Waals surface area contributed by atoms with Crippen molar-refractivity contribution in [2.45, 2.75) is 45.3 Å². The van der Waals surface area contributed by atoms with Gasteiger partial charge in [-0.05, 0) is 72.5 Å². The van der Waals surface area contributed by atoms with Crippen molar-refractivity contribution < 1.29 is 24.0 Å². The molecule has 2 N–H and O–H groups in total. The second kappa shape index (κ2) is 16.2. The summed E-state index contributed by atoms with van der Waals surface area (Å²) in [5.41, 5.74) is 3.99. The van der Waals surface area contributed by atoms with Crippen LogP contribution in [-0.2, 0) is 29.1 Å². The lowest BCUT2D eigenvalue weighted by Gasteiger charge is -2.25. The Morgan fingerprint density at radius 2 is 1.59 bits per heavy atom. The maximum absolute atomic E-state index is 13.1. The molecule has 0 fully saturated rings. The summed E-state index contributed by atoms with van der Waals surface area (Å²) in [5.74, 6) is -1.20. The topological polar surface area (TPSA) is 116 Å². The number of aldehydes is 1. The Hall–Kier alpha value is -5.15. The molecule has 238 valence electrons. The number of hydrogen-bond acceptors (Lipinski definition) is 6. The minimum absolute atomic E-state index is 0.0729. The van der Waals surface area contributed by atoms with E-state index in [4.69, 9.17) is 0 Å². The van der Waals surface area contributed by atoms with Gasteiger partial charge in [0.05, 0.1) is 5.56 Å². The smallest absolute Gasteiger partial charge is 0.254 e. The van der Waals surface area contributed by atoms with Crippen molar-refractivity contribution in [2.75, 3.05) is 20.6 Å². The van der Waals surface area contributed by atoms with E-state index in [1.54, 1.807) is 14.0 Å². The van der Waals surface area contributed by atoms with Gasteiger partial charge in [0.1, 0.15) is 0 Å². The number of nitrogens with one attached hydrogen (secondary N) is 2. The fourth-order valence-corrected chi connectivity index (χ4v) is 5.32. The van der Waals surface area contributed by atoms with E-state index in [2.05, 4.69) is 77.2 Å². The SMILES string of the molecule is CC(CCC(=O)NC=O)N(C)C(=O)c1ccc(C(=O)NCc2ccc(CN(C)CCc3cccc4ccccc34)cc2)cc1C=O. The number of likely N-dealkylation sites (N-methyl/N-ethyl adjacent to an activating group) is 1. The van der Waals surface area contributed by atoms with Gasteiger partial charge < -0.3 is 15.1 Å². The van der Waals surface area contributed by atoms with Gasteiger partial charge in [0.25, 0.3) is 11.8 Å². The molecule has 1 unspecified atom stereocenters. The number of rotatable bonds is 15. The molecule has 46 heavy (non-hydrogen) atoms. The summed E-state index contributed by atoms with van der Waals surface area (Å²) in [7, 11) is 3.69. The lowest BCUT2D eigenvalue weighted by atomic mass is 10.0. The molecular weight excluding hydrogens is 580 g/mol. The molecular formula is C37H40N4O5. The van der Waals surface area contributed by atoms with Gasteiger partial charge in [-0.25, -0.2) is 0 Å². The maximum Gasteiger partial charge on any atom is 0.254 e. The molecule has 4 aromatic carbocycles. The number of benzene rings is 4. The predicted octanol–water partition coefficient (Wildman–Crippen LogP) is 4.77. The Balaban J connectivity index is 1.28. The maximum atomic E-state index is 13.1. The first-order chi connectivity index (χ1) is 22.2. The molecule has 4 amide bonds. The molecule has 0 radical (unpaired) electrons. The van der Waals surface area contributed by atoms with Gasteiger partial charge in [-0.1, -0.05) is 66.7 Å². The Bertz CT molecular complexity index is 1700. The van der Waals surface area contributed by atoms with Crippen LogP contribution in [0.25, 0.3) is 10.8 Å². The highest BCUT2D eigenvalue weighted by Gasteiger charge is 2.22. The monoisotopic (exact) mass is 620 g/mol. The molecule has 0 heterocycles. The van der Waals surface area contributed by atoms with Crippen LogP contribution in [0.3, 0.4) is 0 Å². The molecule has 0 saturated heterocycles. The summed E-state index contributed by atoms with van der Waals surface area (Å²) in [5, 5.41) is 7.51. The third-order valence-corrected chi connectivity index (χ3v) is 8.23. The van der Waals surface area contributed by atoms with Crippen LogP contribution in [0.5, 0.6) is 0 Å². The highest BCUT2D eigenvalue weighted by atomic mass is 16.2. The van der Waals surface area contributed by atoms with Crippen LogP contribution >= 0.6 is 0 Å². The van der Waals surface area contributed by atoms with E-state index in [1.165, 1.54) is 45.0 Å². The van der Waals surface area contributed by atoms with E-state index in [0.717, 1.165) is 25.1 Å². The van der Waals surface area contributed by atoms with E-state index < -0.39 is 11.8 Å². The molecule has 0 spiro atoms. The van der Waals surface area contributed by atoms with Gasteiger partial charge in [-0.3, -0.25) is 29.3 Å². The minimum Gasteiger partial charge on any atom is -0.348 e. The normalized spacial score (nSPS) is 11.6. The number of carbonyl (C=O) groups is 5. The van der Waals surface area contributed by atoms with Gasteiger partial charge >= 0.3 is 0 Å². The van der Waals surface area contributed by atoms with Crippen LogP contribution in [0.15, 0.2) is 84.9 Å². The van der Waals surface area contributed by atoms with Crippen LogP contribution in [-0.4, -0.2) is 66.9 Å². The lowest BCUT2D eigenvalue weighted by Crippen LogP contribution is -2.36. The summed E-state index contributed by atoms with van der Waals surface area (Å²) in [4.78, 5) is 63.5. The molecule has 0 aromatic heterocycles. The molecule has 0 saturated carbocycles. The number of carbonyl (C=O) groups excluding carboxylic acids is 5. The first-order valence-corrected chi connectivity index (χ1v) is 15.3. The molecule has 9 heteroatoms. The zero-order valence-electron chi connectivity index (χ0n) is 26.5. The molecule has 4 rings (SSSR count). The van der Waals surface area contributed by atoms with Gasteiger partial charge in [-0.2, -0.15) is 0 Å². The average Bonchev–Trinajstić information content (AvgIpc) is 3.08. The van der Waals surface area contributed by atoms with Gasteiger partial charge in [0.15, 0.2) is 6.29 Å².